The van der Waals surface area contributed by atoms with Crippen LogP contribution in [0.4, 0.5) is 0 Å². The van der Waals surface area contributed by atoms with E-state index in [1.54, 1.807) is 12.3 Å². The van der Waals surface area contributed by atoms with Gasteiger partial charge in [-0.3, -0.25) is 0 Å². The molecular weight excluding hydrogens is 154 g/mol. The van der Waals surface area contributed by atoms with Gasteiger partial charge in [-0.25, -0.2) is 4.79 Å². The van der Waals surface area contributed by atoms with Crippen LogP contribution in [0.25, 0.3) is 5.57 Å². The predicted octanol–water partition coefficient (Wildman–Crippen LogP) is 1.83. The Morgan fingerprint density at radius 2 is 2.33 bits per heavy atom. The fourth-order valence-corrected chi connectivity index (χ4v) is 0.876. The number of aromatic nitrogens is 1. The van der Waals surface area contributed by atoms with Crippen molar-refractivity contribution in [2.75, 3.05) is 7.11 Å². The zero-order valence-electron chi connectivity index (χ0n) is 7.18. The van der Waals surface area contributed by atoms with E-state index in [0.29, 0.717) is 5.56 Å². The van der Waals surface area contributed by atoms with Crippen LogP contribution in [-0.2, 0) is 4.74 Å². The number of aromatic amines is 1. The Labute approximate surface area is 71.1 Å². The third-order valence-corrected chi connectivity index (χ3v) is 1.56. The second kappa shape index (κ2) is 3.26. The molecule has 1 heterocycles. The summed E-state index contributed by atoms with van der Waals surface area (Å²) in [6.07, 6.45) is 1.61. The van der Waals surface area contributed by atoms with E-state index < -0.39 is 0 Å². The lowest BCUT2D eigenvalue weighted by molar-refractivity contribution is 0.0601. The highest BCUT2D eigenvalue weighted by Gasteiger charge is 2.07. The lowest BCUT2D eigenvalue weighted by Crippen LogP contribution is -1.98. The number of hydrogen-bond donors (Lipinski definition) is 1. The van der Waals surface area contributed by atoms with Crippen LogP contribution in [0.3, 0.4) is 0 Å². The van der Waals surface area contributed by atoms with Crippen LogP contribution in [0, 0.1) is 0 Å². The first kappa shape index (κ1) is 8.59. The van der Waals surface area contributed by atoms with Gasteiger partial charge >= 0.3 is 5.97 Å². The van der Waals surface area contributed by atoms with Crippen molar-refractivity contribution in [1.82, 2.24) is 4.98 Å². The minimum absolute atomic E-state index is 0.334. The van der Waals surface area contributed by atoms with Gasteiger partial charge in [-0.15, -0.1) is 0 Å². The van der Waals surface area contributed by atoms with Crippen LogP contribution in [0.15, 0.2) is 18.8 Å². The molecule has 1 aromatic heterocycles. The summed E-state index contributed by atoms with van der Waals surface area (Å²) in [6.45, 7) is 5.61. The molecule has 0 fully saturated rings. The summed E-state index contributed by atoms with van der Waals surface area (Å²) in [5.41, 5.74) is 2.27. The maximum Gasteiger partial charge on any atom is 0.339 e. The smallest absolute Gasteiger partial charge is 0.339 e. The molecule has 3 nitrogen and oxygen atoms in total. The van der Waals surface area contributed by atoms with E-state index >= 15 is 0 Å². The number of nitrogens with one attached hydrogen (secondary N) is 1. The maximum absolute atomic E-state index is 11.0. The summed E-state index contributed by atoms with van der Waals surface area (Å²) < 4.78 is 4.54. The van der Waals surface area contributed by atoms with E-state index in [9.17, 15) is 4.79 Å². The number of rotatable bonds is 2. The molecule has 0 atom stereocenters. The molecule has 1 aromatic rings. The van der Waals surface area contributed by atoms with Gasteiger partial charge in [-0.05, 0) is 18.6 Å². The van der Waals surface area contributed by atoms with Crippen LogP contribution < -0.4 is 0 Å². The van der Waals surface area contributed by atoms with E-state index in [1.807, 2.05) is 6.92 Å². The molecule has 64 valence electrons. The number of esters is 1. The van der Waals surface area contributed by atoms with Gasteiger partial charge in [0.1, 0.15) is 0 Å². The van der Waals surface area contributed by atoms with Crippen LogP contribution in [0.2, 0.25) is 0 Å². The first-order valence-electron chi connectivity index (χ1n) is 3.57. The highest BCUT2D eigenvalue weighted by atomic mass is 16.5. The van der Waals surface area contributed by atoms with E-state index in [-0.39, 0.29) is 5.97 Å². The van der Waals surface area contributed by atoms with Crippen molar-refractivity contribution in [3.63, 3.8) is 0 Å². The Morgan fingerprint density at radius 3 is 2.75 bits per heavy atom. The highest BCUT2D eigenvalue weighted by Crippen LogP contribution is 2.11. The Morgan fingerprint density at radius 1 is 1.67 bits per heavy atom. The fraction of sp³-hybridized carbons (Fsp3) is 0.222. The minimum atomic E-state index is -0.334. The van der Waals surface area contributed by atoms with Gasteiger partial charge in [0.2, 0.25) is 0 Å². The van der Waals surface area contributed by atoms with Crippen LogP contribution in [0.5, 0.6) is 0 Å². The SMILES string of the molecule is C=C(C)c1cc(C(=O)OC)c[nH]1. The number of hydrogen-bond acceptors (Lipinski definition) is 2. The zero-order valence-corrected chi connectivity index (χ0v) is 7.18. The largest absolute Gasteiger partial charge is 0.465 e. The van der Waals surface area contributed by atoms with Crippen LogP contribution in [0.1, 0.15) is 23.0 Å². The molecule has 1 rings (SSSR count). The van der Waals surface area contributed by atoms with Crippen molar-refractivity contribution in [3.05, 3.63) is 30.1 Å². The molecule has 0 spiro atoms. The summed E-state index contributed by atoms with van der Waals surface area (Å²) in [6, 6.07) is 1.72. The molecule has 0 bridgehead atoms. The molecule has 0 amide bonds. The molecule has 0 aromatic carbocycles. The number of allylic oxidation sites excluding steroid dienone is 1. The number of carbonyl (C=O) groups is 1. The zero-order chi connectivity index (χ0) is 9.14. The van der Waals surface area contributed by atoms with E-state index in [2.05, 4.69) is 16.3 Å². The highest BCUT2D eigenvalue weighted by molar-refractivity contribution is 5.90. The molecule has 0 aliphatic rings. The van der Waals surface area contributed by atoms with Crippen molar-refractivity contribution >= 4 is 11.5 Å². The summed E-state index contributed by atoms with van der Waals surface area (Å²) in [5, 5.41) is 0. The first-order chi connectivity index (χ1) is 5.65. The molecule has 3 heteroatoms. The van der Waals surface area contributed by atoms with Gasteiger partial charge in [0, 0.05) is 11.9 Å². The number of H-pyrrole nitrogens is 1. The fourth-order valence-electron chi connectivity index (χ4n) is 0.876. The van der Waals surface area contributed by atoms with Crippen molar-refractivity contribution in [1.29, 1.82) is 0 Å². The van der Waals surface area contributed by atoms with Crippen molar-refractivity contribution < 1.29 is 9.53 Å². The number of methoxy groups -OCH3 is 1. The van der Waals surface area contributed by atoms with E-state index in [4.69, 9.17) is 0 Å². The normalized spacial score (nSPS) is 9.50. The van der Waals surface area contributed by atoms with Gasteiger partial charge in [0.25, 0.3) is 0 Å². The molecule has 12 heavy (non-hydrogen) atoms. The Hall–Kier alpha value is -1.51. The van der Waals surface area contributed by atoms with Crippen LogP contribution in [-0.4, -0.2) is 18.1 Å². The summed E-state index contributed by atoms with van der Waals surface area (Å²) in [4.78, 5) is 13.9. The lowest BCUT2D eigenvalue weighted by Gasteiger charge is -1.92. The van der Waals surface area contributed by atoms with Crippen LogP contribution >= 0.6 is 0 Å². The Kier molecular flexibility index (Phi) is 2.33. The van der Waals surface area contributed by atoms with Crippen molar-refractivity contribution in [2.45, 2.75) is 6.92 Å². The topological polar surface area (TPSA) is 42.1 Å². The summed E-state index contributed by atoms with van der Waals surface area (Å²) >= 11 is 0. The molecule has 0 saturated carbocycles. The standard InChI is InChI=1S/C9H11NO2/c1-6(2)8-4-7(5-10-8)9(11)12-3/h4-5,10H,1H2,2-3H3. The monoisotopic (exact) mass is 165 g/mol. The van der Waals surface area contributed by atoms with Gasteiger partial charge in [-0.2, -0.15) is 0 Å². The second-order valence-corrected chi connectivity index (χ2v) is 2.57. The Bertz CT molecular complexity index is 312. The minimum Gasteiger partial charge on any atom is -0.465 e. The molecule has 0 radical (unpaired) electrons. The lowest BCUT2D eigenvalue weighted by atomic mass is 10.2. The van der Waals surface area contributed by atoms with Crippen molar-refractivity contribution in [2.24, 2.45) is 0 Å². The van der Waals surface area contributed by atoms with Gasteiger partial charge in [-0.1, -0.05) is 6.58 Å². The summed E-state index contributed by atoms with van der Waals surface area (Å²) in [5.74, 6) is -0.334. The first-order valence-corrected chi connectivity index (χ1v) is 3.57. The number of carbonyl (C=O) groups excluding carboxylic acids is 1. The third kappa shape index (κ3) is 1.56. The molecule has 0 aliphatic carbocycles. The van der Waals surface area contributed by atoms with Gasteiger partial charge in [0.15, 0.2) is 0 Å². The van der Waals surface area contributed by atoms with E-state index in [1.165, 1.54) is 7.11 Å². The average Bonchev–Trinajstić information content (AvgIpc) is 2.51. The number of ether oxygens (including phenoxy) is 1. The molecule has 0 aliphatic heterocycles. The maximum atomic E-state index is 11.0. The predicted molar refractivity (Wildman–Crippen MR) is 46.8 cm³/mol. The molecule has 1 N–H and O–H groups in total. The molecule has 0 saturated heterocycles. The second-order valence-electron chi connectivity index (χ2n) is 2.57. The summed E-state index contributed by atoms with van der Waals surface area (Å²) in [7, 11) is 1.36. The van der Waals surface area contributed by atoms with E-state index in [0.717, 1.165) is 11.3 Å². The quantitative estimate of drug-likeness (QED) is 0.679. The molecule has 0 unspecified atom stereocenters. The van der Waals surface area contributed by atoms with Gasteiger partial charge < -0.3 is 9.72 Å². The van der Waals surface area contributed by atoms with Gasteiger partial charge in [0.05, 0.1) is 12.7 Å². The third-order valence-electron chi connectivity index (χ3n) is 1.56. The Balaban J connectivity index is 2.91. The molecular formula is C9H11NO2. The van der Waals surface area contributed by atoms with Crippen molar-refractivity contribution in [3.8, 4) is 0 Å². The average molecular weight is 165 g/mol.